The second-order valence-electron chi connectivity index (χ2n) is 9.09. The predicted molar refractivity (Wildman–Crippen MR) is 136 cm³/mol. The zero-order chi connectivity index (χ0) is 23.8. The molecule has 1 aliphatic heterocycles. The number of fused-ring (bicyclic) bond motifs is 2. The summed E-state index contributed by atoms with van der Waals surface area (Å²) >= 11 is 0. The molecule has 3 aromatic carbocycles. The van der Waals surface area contributed by atoms with Gasteiger partial charge in [0, 0.05) is 61.0 Å². The standard InChI is InChI=1S/C29H26FN3O2/c30-25-8-3-4-9-26(25)33-15-13-32(14-16-33)12-5-17-35-21-18-20-10-11-31-28-22-6-1-2-7-23(22)29(34)24(19-21)27(20)28/h1-4,6-11,18-19H,5,12-17H2. The molecule has 1 aliphatic carbocycles. The monoisotopic (exact) mass is 467 g/mol. The molecular weight excluding hydrogens is 441 g/mol. The molecular formula is C29H26FN3O2. The van der Waals surface area contributed by atoms with Gasteiger partial charge in [-0.25, -0.2) is 4.39 Å². The van der Waals surface area contributed by atoms with Crippen molar-refractivity contribution in [3.63, 3.8) is 0 Å². The van der Waals surface area contributed by atoms with Crippen LogP contribution in [-0.4, -0.2) is 55.0 Å². The molecule has 0 radical (unpaired) electrons. The molecule has 1 aromatic heterocycles. The van der Waals surface area contributed by atoms with E-state index in [1.54, 1.807) is 12.3 Å². The molecule has 6 heteroatoms. The number of carbonyl (C=O) groups is 1. The molecule has 0 N–H and O–H groups in total. The van der Waals surface area contributed by atoms with Gasteiger partial charge < -0.3 is 9.64 Å². The zero-order valence-electron chi connectivity index (χ0n) is 19.4. The Hall–Kier alpha value is -3.77. The maximum absolute atomic E-state index is 14.1. The number of benzene rings is 3. The number of hydrogen-bond donors (Lipinski definition) is 0. The van der Waals surface area contributed by atoms with Crippen molar-refractivity contribution in [2.75, 3.05) is 44.2 Å². The number of ether oxygens (including phenoxy) is 1. The molecule has 5 nitrogen and oxygen atoms in total. The molecule has 2 heterocycles. The normalized spacial score (nSPS) is 15.3. The lowest BCUT2D eigenvalue weighted by Gasteiger charge is -2.36. The van der Waals surface area contributed by atoms with Gasteiger partial charge in [0.25, 0.3) is 0 Å². The van der Waals surface area contributed by atoms with Crippen molar-refractivity contribution < 1.29 is 13.9 Å². The van der Waals surface area contributed by atoms with E-state index in [-0.39, 0.29) is 11.6 Å². The Morgan fingerprint density at radius 2 is 1.66 bits per heavy atom. The molecule has 1 fully saturated rings. The molecule has 0 amide bonds. The Morgan fingerprint density at radius 1 is 0.886 bits per heavy atom. The number of halogens is 1. The van der Waals surface area contributed by atoms with Gasteiger partial charge in [0.05, 0.1) is 18.0 Å². The summed E-state index contributed by atoms with van der Waals surface area (Å²) in [5, 5.41) is 1.87. The maximum atomic E-state index is 14.1. The topological polar surface area (TPSA) is 45.7 Å². The number of anilines is 1. The Kier molecular flexibility index (Phi) is 5.66. The highest BCUT2D eigenvalue weighted by atomic mass is 19.1. The second kappa shape index (κ2) is 9.12. The van der Waals surface area contributed by atoms with E-state index in [1.807, 2.05) is 54.6 Å². The Morgan fingerprint density at radius 3 is 2.49 bits per heavy atom. The Balaban J connectivity index is 1.09. The summed E-state index contributed by atoms with van der Waals surface area (Å²) in [5.41, 5.74) is 3.77. The van der Waals surface area contributed by atoms with E-state index in [0.717, 1.165) is 61.2 Å². The van der Waals surface area contributed by atoms with Gasteiger partial charge in [0.2, 0.25) is 0 Å². The first kappa shape index (κ1) is 21.7. The number of aromatic nitrogens is 1. The molecule has 0 unspecified atom stereocenters. The molecule has 176 valence electrons. The average Bonchev–Trinajstić information content (AvgIpc) is 2.90. The number of hydrogen-bond acceptors (Lipinski definition) is 5. The average molecular weight is 468 g/mol. The van der Waals surface area contributed by atoms with E-state index < -0.39 is 0 Å². The number of nitrogens with zero attached hydrogens (tertiary/aromatic N) is 3. The van der Waals surface area contributed by atoms with Crippen LogP contribution < -0.4 is 9.64 Å². The van der Waals surface area contributed by atoms with Crippen molar-refractivity contribution >= 4 is 22.2 Å². The fourth-order valence-corrected chi connectivity index (χ4v) is 5.19. The van der Waals surface area contributed by atoms with E-state index in [0.29, 0.717) is 29.2 Å². The summed E-state index contributed by atoms with van der Waals surface area (Å²) in [5.74, 6) is 0.569. The first-order valence-electron chi connectivity index (χ1n) is 12.1. The predicted octanol–water partition coefficient (Wildman–Crippen LogP) is 5.18. The molecule has 35 heavy (non-hydrogen) atoms. The van der Waals surface area contributed by atoms with Gasteiger partial charge in [-0.15, -0.1) is 0 Å². The number of rotatable bonds is 6. The van der Waals surface area contributed by atoms with Crippen molar-refractivity contribution in [2.45, 2.75) is 6.42 Å². The van der Waals surface area contributed by atoms with E-state index >= 15 is 0 Å². The summed E-state index contributed by atoms with van der Waals surface area (Å²) in [4.78, 5) is 22.3. The molecule has 0 spiro atoms. The summed E-state index contributed by atoms with van der Waals surface area (Å²) in [6.07, 6.45) is 2.67. The summed E-state index contributed by atoms with van der Waals surface area (Å²) < 4.78 is 20.2. The van der Waals surface area contributed by atoms with Gasteiger partial charge >= 0.3 is 0 Å². The highest BCUT2D eigenvalue weighted by molar-refractivity contribution is 6.25. The number of piperazine rings is 1. The molecule has 0 saturated carbocycles. The van der Waals surface area contributed by atoms with Crippen LogP contribution in [0.1, 0.15) is 22.3 Å². The lowest BCUT2D eigenvalue weighted by Crippen LogP contribution is -2.47. The van der Waals surface area contributed by atoms with Crippen LogP contribution in [0.15, 0.2) is 72.9 Å². The molecule has 6 rings (SSSR count). The summed E-state index contributed by atoms with van der Waals surface area (Å²) in [7, 11) is 0. The van der Waals surface area contributed by atoms with Crippen molar-refractivity contribution in [2.24, 2.45) is 0 Å². The van der Waals surface area contributed by atoms with Crippen molar-refractivity contribution in [3.05, 3.63) is 89.9 Å². The van der Waals surface area contributed by atoms with Crippen LogP contribution in [0.5, 0.6) is 5.75 Å². The smallest absolute Gasteiger partial charge is 0.194 e. The first-order valence-corrected chi connectivity index (χ1v) is 12.1. The van der Waals surface area contributed by atoms with Crippen LogP contribution >= 0.6 is 0 Å². The number of carbonyl (C=O) groups excluding carboxylic acids is 1. The minimum absolute atomic E-state index is 0.0178. The second-order valence-corrected chi connectivity index (χ2v) is 9.09. The fraction of sp³-hybridized carbons (Fsp3) is 0.241. The Bertz CT molecular complexity index is 1410. The van der Waals surface area contributed by atoms with E-state index in [4.69, 9.17) is 4.74 Å². The van der Waals surface area contributed by atoms with Gasteiger partial charge in [-0.3, -0.25) is 14.7 Å². The third-order valence-corrected chi connectivity index (χ3v) is 6.96. The van der Waals surface area contributed by atoms with Crippen molar-refractivity contribution in [1.29, 1.82) is 0 Å². The van der Waals surface area contributed by atoms with Crippen LogP contribution in [0.3, 0.4) is 0 Å². The summed E-state index contributed by atoms with van der Waals surface area (Å²) in [6.45, 7) is 4.93. The number of ketones is 1. The van der Waals surface area contributed by atoms with Gasteiger partial charge in [0.15, 0.2) is 5.78 Å². The quantitative estimate of drug-likeness (QED) is 0.322. The van der Waals surface area contributed by atoms with Crippen LogP contribution in [0.25, 0.3) is 22.0 Å². The lowest BCUT2D eigenvalue weighted by atomic mass is 9.85. The molecule has 4 aromatic rings. The minimum atomic E-state index is -0.159. The van der Waals surface area contributed by atoms with Crippen LogP contribution in [0.2, 0.25) is 0 Å². The number of para-hydroxylation sites is 1. The highest BCUT2D eigenvalue weighted by Gasteiger charge is 2.26. The van der Waals surface area contributed by atoms with Crippen LogP contribution in [0, 0.1) is 5.82 Å². The molecule has 1 saturated heterocycles. The first-order chi connectivity index (χ1) is 17.2. The molecule has 2 aliphatic rings. The van der Waals surface area contributed by atoms with Gasteiger partial charge in [-0.2, -0.15) is 0 Å². The van der Waals surface area contributed by atoms with Crippen molar-refractivity contribution in [3.8, 4) is 17.0 Å². The third kappa shape index (κ3) is 4.04. The van der Waals surface area contributed by atoms with Gasteiger partial charge in [-0.1, -0.05) is 36.4 Å². The highest BCUT2D eigenvalue weighted by Crippen LogP contribution is 2.39. The fourth-order valence-electron chi connectivity index (χ4n) is 5.19. The molecule has 0 bridgehead atoms. The van der Waals surface area contributed by atoms with E-state index in [1.165, 1.54) is 6.07 Å². The van der Waals surface area contributed by atoms with Crippen molar-refractivity contribution in [1.82, 2.24) is 9.88 Å². The maximum Gasteiger partial charge on any atom is 0.194 e. The number of pyridine rings is 1. The molecule has 0 atom stereocenters. The van der Waals surface area contributed by atoms with Gasteiger partial charge in [-0.05, 0) is 42.1 Å². The van der Waals surface area contributed by atoms with Gasteiger partial charge in [0.1, 0.15) is 11.6 Å². The summed E-state index contributed by atoms with van der Waals surface area (Å²) in [6, 6.07) is 20.4. The largest absolute Gasteiger partial charge is 0.494 e. The minimum Gasteiger partial charge on any atom is -0.494 e. The lowest BCUT2D eigenvalue weighted by molar-refractivity contribution is 0.103. The SMILES string of the molecule is O=C1c2ccccc2-c2nccc3cc(OCCCN4CCN(c5ccccc5F)CC4)cc1c23. The van der Waals surface area contributed by atoms with Crippen LogP contribution in [0.4, 0.5) is 10.1 Å². The third-order valence-electron chi connectivity index (χ3n) is 6.96. The Labute approximate surface area is 203 Å². The zero-order valence-corrected chi connectivity index (χ0v) is 19.4. The van der Waals surface area contributed by atoms with Crippen LogP contribution in [-0.2, 0) is 0 Å². The van der Waals surface area contributed by atoms with E-state index in [2.05, 4.69) is 14.8 Å². The van der Waals surface area contributed by atoms with E-state index in [9.17, 15) is 9.18 Å².